The van der Waals surface area contributed by atoms with Gasteiger partial charge in [0.15, 0.2) is 0 Å². The molecular formula is C19H48Al4NPTi. The van der Waals surface area contributed by atoms with E-state index in [0.29, 0.717) is 17.0 Å². The predicted molar refractivity (Wildman–Crippen MR) is 135 cm³/mol. The molecule has 0 amide bonds. The zero-order chi connectivity index (χ0) is 20.0. The molecule has 0 radical (unpaired) electrons. The maximum atomic E-state index is 10.4. The summed E-state index contributed by atoms with van der Waals surface area (Å²) in [5.74, 6) is 20.9. The van der Waals surface area contributed by atoms with E-state index >= 15 is 0 Å². The summed E-state index contributed by atoms with van der Waals surface area (Å²) in [6.45, 7) is 12.8. The standard InChI is InChI=1S/C9H21NP.9CH3.C.4Al.Ti/c1-7(2)11(10,8(3)4)9(5)6;;;;;;;;;;;;;;;/h7-9H,1-6H3;9*1H3;;;;;;/q-1;;;;;;;;;-1;;;;;;+2. The Labute approximate surface area is 201 Å². The third-order valence-corrected chi connectivity index (χ3v) is 43.4. The molecule has 0 aromatic rings. The molecule has 0 saturated carbocycles. The van der Waals surface area contributed by atoms with Crippen molar-refractivity contribution < 1.29 is 21.7 Å². The summed E-state index contributed by atoms with van der Waals surface area (Å²) in [6, 6.07) is 0. The molecule has 0 unspecified atom stereocenters. The van der Waals surface area contributed by atoms with Crippen LogP contribution in [0.3, 0.4) is 0 Å². The van der Waals surface area contributed by atoms with Crippen molar-refractivity contribution in [2.24, 2.45) is 0 Å². The van der Waals surface area contributed by atoms with Crippen LogP contribution in [0.1, 0.15) is 41.5 Å². The zero-order valence-corrected chi connectivity index (χ0v) is 28.0. The fraction of sp³-hybridized carbons (Fsp3) is 0.947. The first-order chi connectivity index (χ1) is 10.6. The second-order valence-electron chi connectivity index (χ2n) is 9.69. The average molecular weight is 477 g/mol. The van der Waals surface area contributed by atoms with Crippen molar-refractivity contribution in [2.75, 3.05) is 0 Å². The van der Waals surface area contributed by atoms with Crippen LogP contribution in [0, 0.1) is 7.43 Å². The van der Waals surface area contributed by atoms with Gasteiger partial charge < -0.3 is 12.6 Å². The number of hydrogen-bond acceptors (Lipinski definition) is 0. The van der Waals surface area contributed by atoms with Crippen molar-refractivity contribution in [3.63, 3.8) is 0 Å². The molecule has 0 N–H and O–H groups in total. The summed E-state index contributed by atoms with van der Waals surface area (Å²) >= 11 is -1.64. The normalized spacial score (nSPS) is 11.3. The topological polar surface area (TPSA) is 22.3 Å². The van der Waals surface area contributed by atoms with E-state index in [1.807, 2.05) is 0 Å². The van der Waals surface area contributed by atoms with Gasteiger partial charge in [-0.1, -0.05) is 41.5 Å². The molecule has 0 aliphatic rings. The Bertz CT molecular complexity index is 331. The number of nitrogens with zero attached hydrogens (tertiary/aromatic N) is 1. The van der Waals surface area contributed by atoms with Crippen LogP contribution < -0.4 is 0 Å². The smallest absolute Gasteiger partial charge is 0.807 e. The minimum atomic E-state index is -1.69. The Balaban J connectivity index is -0.000000175. The summed E-state index contributed by atoms with van der Waals surface area (Å²) in [6.07, 6.45) is 0. The van der Waals surface area contributed by atoms with Gasteiger partial charge in [-0.15, -0.1) is 46.3 Å². The van der Waals surface area contributed by atoms with Gasteiger partial charge in [0.1, 0.15) is 0 Å². The summed E-state index contributed by atoms with van der Waals surface area (Å²) in [4.78, 5) is 0. The Morgan fingerprint density at radius 3 is 0.731 bits per heavy atom. The van der Waals surface area contributed by atoms with Crippen LogP contribution in [0.5, 0.6) is 0 Å². The number of hydrogen-bond donors (Lipinski definition) is 0. The van der Waals surface area contributed by atoms with Crippen LogP contribution in [0.15, 0.2) is 0 Å². The molecule has 0 aromatic heterocycles. The van der Waals surface area contributed by atoms with Gasteiger partial charge in [-0.25, -0.2) is 7.05 Å². The summed E-state index contributed by atoms with van der Waals surface area (Å²) in [7, 11) is -1.69. The molecular weight excluding hydrogens is 429 g/mol. The second kappa shape index (κ2) is 15.8. The SMILES string of the molecule is CC(C)P(=[N-])(C(C)C)C(C)C.[CH3-].[CH3][Al]([CH3])[C]([Al]([CH3])[CH3])([Al]([CH3])[CH3])[Al]([CH3])[CH3].[Ti+2]. The van der Waals surface area contributed by atoms with Crippen molar-refractivity contribution in [1.82, 2.24) is 0 Å². The van der Waals surface area contributed by atoms with E-state index in [-0.39, 0.29) is 29.1 Å². The Morgan fingerprint density at radius 1 is 0.577 bits per heavy atom. The van der Waals surface area contributed by atoms with E-state index in [0.717, 1.165) is 0.863 Å². The van der Waals surface area contributed by atoms with Gasteiger partial charge in [0.2, 0.25) is 56.6 Å². The first-order valence-electron chi connectivity index (χ1n) is 10.2. The molecule has 0 atom stereocenters. The van der Waals surface area contributed by atoms with Gasteiger partial charge in [0.05, 0.1) is 0 Å². The first kappa shape index (κ1) is 36.4. The van der Waals surface area contributed by atoms with Crippen LogP contribution in [-0.4, -0.2) is 73.6 Å². The van der Waals surface area contributed by atoms with Crippen LogP contribution in [0.4, 0.5) is 0 Å². The first-order valence-corrected chi connectivity index (χ1v) is 23.7. The van der Waals surface area contributed by atoms with Crippen LogP contribution in [0.25, 0.3) is 5.16 Å². The molecule has 0 heterocycles. The van der Waals surface area contributed by atoms with Crippen molar-refractivity contribution in [2.45, 2.75) is 106 Å². The fourth-order valence-corrected chi connectivity index (χ4v) is 41.4. The molecule has 1 nitrogen and oxygen atoms in total. The van der Waals surface area contributed by atoms with Crippen LogP contribution >= 0.6 is 7.05 Å². The summed E-state index contributed by atoms with van der Waals surface area (Å²) < 4.78 is 1.06. The zero-order valence-electron chi connectivity index (χ0n) is 20.9. The largest absolute Gasteiger partial charge is 2.00 e. The maximum Gasteiger partial charge on any atom is 2.00 e. The van der Waals surface area contributed by atoms with Crippen molar-refractivity contribution in [3.8, 4) is 0 Å². The molecule has 0 aliphatic carbocycles. The molecule has 0 fully saturated rings. The molecule has 0 saturated heterocycles. The van der Waals surface area contributed by atoms with Gasteiger partial charge in [-0.2, -0.15) is 0.863 Å². The molecule has 0 rings (SSSR count). The van der Waals surface area contributed by atoms with E-state index in [1.165, 1.54) is 0 Å². The Hall–Kier alpha value is 3.07. The van der Waals surface area contributed by atoms with Gasteiger partial charge in [-0.3, -0.25) is 0 Å². The third-order valence-electron chi connectivity index (χ3n) is 6.48. The van der Waals surface area contributed by atoms with Crippen LogP contribution in [0.2, 0.25) is 47.1 Å². The Kier molecular flexibility index (Phi) is 22.2. The molecule has 0 spiro atoms. The number of rotatable bonds is 7. The summed E-state index contributed by atoms with van der Waals surface area (Å²) in [5, 5.41) is 10.4. The predicted octanol–water partition coefficient (Wildman–Crippen LogP) is 7.79. The summed E-state index contributed by atoms with van der Waals surface area (Å²) in [5.41, 5.74) is 1.34. The van der Waals surface area contributed by atoms with Crippen molar-refractivity contribution in [1.29, 1.82) is 0 Å². The molecule has 0 aliphatic heterocycles. The molecule has 7 heteroatoms. The van der Waals surface area contributed by atoms with Gasteiger partial charge in [0, 0.05) is 0 Å². The van der Waals surface area contributed by atoms with Crippen molar-refractivity contribution in [3.05, 3.63) is 12.6 Å². The molecule has 150 valence electrons. The minimum absolute atomic E-state index is 0. The van der Waals surface area contributed by atoms with E-state index in [2.05, 4.69) is 87.8 Å². The van der Waals surface area contributed by atoms with E-state index in [1.54, 1.807) is 0 Å². The van der Waals surface area contributed by atoms with E-state index in [4.69, 9.17) is 0 Å². The average Bonchev–Trinajstić information content (AvgIpc) is 2.35. The molecule has 0 aromatic carbocycles. The second-order valence-corrected chi connectivity index (χ2v) is 31.6. The van der Waals surface area contributed by atoms with Crippen LogP contribution in [-0.2, 0) is 21.7 Å². The van der Waals surface area contributed by atoms with Crippen molar-refractivity contribution >= 4 is 63.6 Å². The molecule has 26 heavy (non-hydrogen) atoms. The third kappa shape index (κ3) is 9.06. The van der Waals surface area contributed by atoms with E-state index in [9.17, 15) is 5.16 Å². The monoisotopic (exact) mass is 477 g/mol. The molecule has 0 bridgehead atoms. The Morgan fingerprint density at radius 2 is 0.731 bits per heavy atom. The maximum absolute atomic E-state index is 10.4. The van der Waals surface area contributed by atoms with Gasteiger partial charge >= 0.3 is 21.7 Å². The fourth-order valence-electron chi connectivity index (χ4n) is 5.79. The van der Waals surface area contributed by atoms with Gasteiger partial charge in [0.25, 0.3) is 0 Å². The van der Waals surface area contributed by atoms with E-state index < -0.39 is 63.6 Å². The quantitative estimate of drug-likeness (QED) is 0.203. The van der Waals surface area contributed by atoms with Gasteiger partial charge in [-0.05, 0) is 17.0 Å². The minimum Gasteiger partial charge on any atom is -0.807 e.